The largest absolute Gasteiger partial charge is 0.472 e. The first-order valence-corrected chi connectivity index (χ1v) is 11.6. The molecular formula is C23H32FN7O4. The highest BCUT2D eigenvalue weighted by atomic mass is 19.1. The number of hydrogen-bond acceptors (Lipinski definition) is 10. The van der Waals surface area contributed by atoms with E-state index < -0.39 is 17.3 Å². The fourth-order valence-electron chi connectivity index (χ4n) is 3.90. The first-order chi connectivity index (χ1) is 16.5. The highest BCUT2D eigenvalue weighted by Crippen LogP contribution is 2.34. The second-order valence-corrected chi connectivity index (χ2v) is 10.0. The molecule has 3 N–H and O–H groups in total. The highest BCUT2D eigenvalue weighted by molar-refractivity contribution is 5.81. The van der Waals surface area contributed by atoms with Gasteiger partial charge >= 0.3 is 0 Å². The van der Waals surface area contributed by atoms with Gasteiger partial charge in [-0.25, -0.2) is 15.0 Å². The molecule has 2 aromatic heterocycles. The predicted octanol–water partition coefficient (Wildman–Crippen LogP) is 1.27. The topological polar surface area (TPSA) is 140 Å². The molecule has 2 aromatic rings. The molecule has 1 amide bonds. The number of aromatic nitrogens is 4. The van der Waals surface area contributed by atoms with E-state index in [0.717, 1.165) is 0 Å². The normalized spacial score (nSPS) is 21.3. The van der Waals surface area contributed by atoms with Crippen LogP contribution in [0.1, 0.15) is 33.6 Å². The molecule has 35 heavy (non-hydrogen) atoms. The molecule has 1 atom stereocenters. The lowest BCUT2D eigenvalue weighted by molar-refractivity contribution is -0.150. The van der Waals surface area contributed by atoms with Crippen LogP contribution < -0.4 is 15.4 Å². The number of aliphatic hydroxyl groups excluding tert-OH is 1. The van der Waals surface area contributed by atoms with Gasteiger partial charge in [0.2, 0.25) is 17.7 Å². The third kappa shape index (κ3) is 5.43. The van der Waals surface area contributed by atoms with Crippen molar-refractivity contribution < 1.29 is 23.8 Å². The van der Waals surface area contributed by atoms with Crippen molar-refractivity contribution in [3.05, 3.63) is 18.2 Å². The zero-order chi connectivity index (χ0) is 25.3. The van der Waals surface area contributed by atoms with Gasteiger partial charge in [0, 0.05) is 57.0 Å². The molecule has 0 radical (unpaired) electrons. The van der Waals surface area contributed by atoms with Crippen molar-refractivity contribution in [1.29, 1.82) is 0 Å². The Hall–Kier alpha value is -3.12. The number of rotatable bonds is 6. The summed E-state index contributed by atoms with van der Waals surface area (Å²) < 4.78 is 26.8. The summed E-state index contributed by atoms with van der Waals surface area (Å²) in [5, 5.41) is 10.3. The molecule has 190 valence electrons. The summed E-state index contributed by atoms with van der Waals surface area (Å²) in [4.78, 5) is 32.7. The lowest BCUT2D eigenvalue weighted by atomic mass is 9.85. The SMILES string of the molecule is CN(C(=O)[C@@H](O)C(C)(C)C)[C@H]1C[C@H](Oc2nc(N3CCOCC3)nc(-c3cnc(N)nc3)c2F)C1. The predicted molar refractivity (Wildman–Crippen MR) is 126 cm³/mol. The van der Waals surface area contributed by atoms with Gasteiger partial charge in [0.05, 0.1) is 13.2 Å². The standard InChI is InChI=1S/C23H32FN7O4/c1-23(2,3)18(32)20(33)30(4)14-9-15(10-14)35-19-16(24)17(13-11-26-21(25)27-12-13)28-22(29-19)31-5-7-34-8-6-31/h11-12,14-15,18,32H,5-10H2,1-4H3,(H2,25,26,27)/t14-,15-,18-/m1/s1. The van der Waals surface area contributed by atoms with Gasteiger partial charge in [-0.15, -0.1) is 0 Å². The van der Waals surface area contributed by atoms with Crippen LogP contribution in [0.15, 0.2) is 12.4 Å². The lowest BCUT2D eigenvalue weighted by Gasteiger charge is -2.42. The summed E-state index contributed by atoms with van der Waals surface area (Å²) in [5.41, 5.74) is 5.38. The van der Waals surface area contributed by atoms with Gasteiger partial charge in [-0.05, 0) is 5.41 Å². The Bertz CT molecular complexity index is 1050. The molecule has 0 spiro atoms. The average molecular weight is 490 g/mol. The maximum atomic E-state index is 15.5. The van der Waals surface area contributed by atoms with Gasteiger partial charge in [-0.3, -0.25) is 4.79 Å². The quantitative estimate of drug-likeness (QED) is 0.609. The van der Waals surface area contributed by atoms with Crippen LogP contribution in [0.5, 0.6) is 5.88 Å². The molecule has 1 aliphatic carbocycles. The van der Waals surface area contributed by atoms with E-state index in [1.165, 1.54) is 12.4 Å². The highest BCUT2D eigenvalue weighted by Gasteiger charge is 2.40. The number of anilines is 2. The van der Waals surface area contributed by atoms with E-state index in [1.807, 2.05) is 25.7 Å². The zero-order valence-electron chi connectivity index (χ0n) is 20.4. The molecule has 12 heteroatoms. The van der Waals surface area contributed by atoms with Crippen LogP contribution in [0.25, 0.3) is 11.3 Å². The molecule has 1 saturated heterocycles. The fourth-order valence-corrected chi connectivity index (χ4v) is 3.90. The Morgan fingerprint density at radius 1 is 1.26 bits per heavy atom. The number of amides is 1. The number of nitrogen functional groups attached to an aromatic ring is 1. The van der Waals surface area contributed by atoms with Crippen molar-refractivity contribution >= 4 is 17.8 Å². The van der Waals surface area contributed by atoms with Crippen LogP contribution in [0, 0.1) is 11.2 Å². The van der Waals surface area contributed by atoms with Gasteiger partial charge in [0.15, 0.2) is 0 Å². The minimum atomic E-state index is -1.10. The number of hydrogen-bond donors (Lipinski definition) is 2. The van der Waals surface area contributed by atoms with Crippen LogP contribution in [0.2, 0.25) is 0 Å². The number of aliphatic hydroxyl groups is 1. The average Bonchev–Trinajstić information content (AvgIpc) is 2.81. The summed E-state index contributed by atoms with van der Waals surface area (Å²) in [5.74, 6) is -0.821. The third-order valence-corrected chi connectivity index (χ3v) is 6.35. The van der Waals surface area contributed by atoms with Crippen LogP contribution in [-0.4, -0.2) is 87.5 Å². The lowest BCUT2D eigenvalue weighted by Crippen LogP contribution is -2.54. The summed E-state index contributed by atoms with van der Waals surface area (Å²) in [7, 11) is 1.67. The van der Waals surface area contributed by atoms with Crippen LogP contribution in [0.3, 0.4) is 0 Å². The second-order valence-electron chi connectivity index (χ2n) is 10.0. The number of likely N-dealkylation sites (N-methyl/N-ethyl adjacent to an activating group) is 1. The summed E-state index contributed by atoms with van der Waals surface area (Å²) in [6.07, 6.45) is 2.36. The molecule has 2 fully saturated rings. The molecule has 4 rings (SSSR count). The summed E-state index contributed by atoms with van der Waals surface area (Å²) in [6, 6.07) is -0.113. The Kier molecular flexibility index (Phi) is 7.04. The molecule has 0 bridgehead atoms. The summed E-state index contributed by atoms with van der Waals surface area (Å²) >= 11 is 0. The van der Waals surface area contributed by atoms with Crippen molar-refractivity contribution in [2.75, 3.05) is 44.0 Å². The van der Waals surface area contributed by atoms with E-state index in [-0.39, 0.29) is 35.6 Å². The molecule has 2 aliphatic rings. The van der Waals surface area contributed by atoms with E-state index >= 15 is 4.39 Å². The molecule has 3 heterocycles. The second kappa shape index (κ2) is 9.86. The Morgan fingerprint density at radius 3 is 2.49 bits per heavy atom. The van der Waals surface area contributed by atoms with Crippen molar-refractivity contribution in [2.24, 2.45) is 5.41 Å². The van der Waals surface area contributed by atoms with E-state index in [0.29, 0.717) is 50.7 Å². The molecular weight excluding hydrogens is 457 g/mol. The van der Waals surface area contributed by atoms with Gasteiger partial charge in [0.1, 0.15) is 17.9 Å². The number of morpholine rings is 1. The Morgan fingerprint density at radius 2 is 1.89 bits per heavy atom. The minimum absolute atomic E-state index is 0.0213. The number of carbonyl (C=O) groups is 1. The Balaban J connectivity index is 1.52. The zero-order valence-corrected chi connectivity index (χ0v) is 20.4. The molecule has 1 saturated carbocycles. The van der Waals surface area contributed by atoms with E-state index in [9.17, 15) is 9.90 Å². The molecule has 1 aliphatic heterocycles. The van der Waals surface area contributed by atoms with Gasteiger partial charge in [-0.1, -0.05) is 20.8 Å². The Labute approximate surface area is 203 Å². The monoisotopic (exact) mass is 489 g/mol. The molecule has 11 nitrogen and oxygen atoms in total. The number of ether oxygens (including phenoxy) is 2. The maximum absolute atomic E-state index is 15.5. The first kappa shape index (κ1) is 25.0. The molecule has 0 unspecified atom stereocenters. The number of carbonyl (C=O) groups excluding carboxylic acids is 1. The van der Waals surface area contributed by atoms with Crippen molar-refractivity contribution in [1.82, 2.24) is 24.8 Å². The van der Waals surface area contributed by atoms with Crippen molar-refractivity contribution in [3.63, 3.8) is 0 Å². The van der Waals surface area contributed by atoms with E-state index in [4.69, 9.17) is 15.2 Å². The number of nitrogens with two attached hydrogens (primary N) is 1. The van der Waals surface area contributed by atoms with Crippen LogP contribution >= 0.6 is 0 Å². The fraction of sp³-hybridized carbons (Fsp3) is 0.609. The minimum Gasteiger partial charge on any atom is -0.472 e. The summed E-state index contributed by atoms with van der Waals surface area (Å²) in [6.45, 7) is 7.59. The first-order valence-electron chi connectivity index (χ1n) is 11.6. The third-order valence-electron chi connectivity index (χ3n) is 6.35. The van der Waals surface area contributed by atoms with Crippen LogP contribution in [0.4, 0.5) is 16.3 Å². The van der Waals surface area contributed by atoms with Crippen molar-refractivity contribution in [2.45, 2.75) is 51.9 Å². The van der Waals surface area contributed by atoms with Crippen LogP contribution in [-0.2, 0) is 9.53 Å². The molecule has 0 aromatic carbocycles. The maximum Gasteiger partial charge on any atom is 0.256 e. The number of halogens is 1. The smallest absolute Gasteiger partial charge is 0.256 e. The van der Waals surface area contributed by atoms with Gasteiger partial charge in [0.25, 0.3) is 11.8 Å². The van der Waals surface area contributed by atoms with E-state index in [1.54, 1.807) is 11.9 Å². The van der Waals surface area contributed by atoms with Gasteiger partial charge < -0.3 is 30.1 Å². The van der Waals surface area contributed by atoms with Gasteiger partial charge in [-0.2, -0.15) is 9.37 Å². The van der Waals surface area contributed by atoms with Crippen molar-refractivity contribution in [3.8, 4) is 17.1 Å². The van der Waals surface area contributed by atoms with E-state index in [2.05, 4.69) is 19.9 Å². The number of nitrogens with zero attached hydrogens (tertiary/aromatic N) is 6.